The van der Waals surface area contributed by atoms with Crippen molar-refractivity contribution in [3.8, 4) is 5.82 Å². The molecular formula is C26H30N4O. The van der Waals surface area contributed by atoms with Crippen LogP contribution < -0.4 is 5.32 Å². The molecule has 7 rings (SSSR count). The summed E-state index contributed by atoms with van der Waals surface area (Å²) in [4.78, 5) is 18.0. The van der Waals surface area contributed by atoms with Gasteiger partial charge in [0.25, 0.3) is 0 Å². The maximum Gasteiger partial charge on any atom is 0.226 e. The number of anilines is 1. The van der Waals surface area contributed by atoms with Crippen molar-refractivity contribution in [2.45, 2.75) is 58.8 Å². The predicted octanol–water partition coefficient (Wildman–Crippen LogP) is 5.58. The molecule has 4 aliphatic carbocycles. The monoisotopic (exact) mass is 414 g/mol. The average Bonchev–Trinajstić information content (AvgIpc) is 3.06. The lowest BCUT2D eigenvalue weighted by molar-refractivity contribution is -0.124. The van der Waals surface area contributed by atoms with E-state index in [1.54, 1.807) is 4.68 Å². The first-order valence-corrected chi connectivity index (χ1v) is 11.7. The van der Waals surface area contributed by atoms with Gasteiger partial charge in [-0.2, -0.15) is 9.78 Å². The minimum absolute atomic E-state index is 0.126. The van der Waals surface area contributed by atoms with Crippen molar-refractivity contribution < 1.29 is 4.79 Å². The van der Waals surface area contributed by atoms with E-state index < -0.39 is 0 Å². The Labute approximate surface area is 183 Å². The van der Waals surface area contributed by atoms with Crippen molar-refractivity contribution >= 4 is 22.6 Å². The van der Waals surface area contributed by atoms with Gasteiger partial charge in [0.05, 0.1) is 11.2 Å². The lowest BCUT2D eigenvalue weighted by Crippen LogP contribution is -2.47. The molecular weight excluding hydrogens is 384 g/mol. The molecule has 0 unspecified atom stereocenters. The molecule has 4 saturated carbocycles. The van der Waals surface area contributed by atoms with Crippen LogP contribution in [0.1, 0.15) is 56.2 Å². The number of benzene rings is 1. The second-order valence-electron chi connectivity index (χ2n) is 10.5. The van der Waals surface area contributed by atoms with Gasteiger partial charge in [-0.25, -0.2) is 4.98 Å². The van der Waals surface area contributed by atoms with Crippen LogP contribution in [0.5, 0.6) is 0 Å². The van der Waals surface area contributed by atoms with E-state index in [2.05, 4.69) is 23.4 Å². The van der Waals surface area contributed by atoms with Crippen molar-refractivity contribution in [3.05, 3.63) is 47.7 Å². The van der Waals surface area contributed by atoms with Crippen molar-refractivity contribution in [2.75, 3.05) is 5.32 Å². The highest BCUT2D eigenvalue weighted by molar-refractivity contribution is 5.91. The fraction of sp³-hybridized carbons (Fsp3) is 0.500. The third-order valence-corrected chi connectivity index (χ3v) is 7.93. The number of pyridine rings is 1. The second kappa shape index (κ2) is 6.91. The molecule has 3 aromatic rings. The molecule has 0 radical (unpaired) electrons. The molecule has 5 nitrogen and oxygen atoms in total. The highest BCUT2D eigenvalue weighted by Crippen LogP contribution is 2.61. The van der Waals surface area contributed by atoms with Crippen LogP contribution in [0.25, 0.3) is 16.7 Å². The summed E-state index contributed by atoms with van der Waals surface area (Å²) in [5.74, 6) is 4.16. The van der Waals surface area contributed by atoms with Crippen molar-refractivity contribution in [3.63, 3.8) is 0 Å². The fourth-order valence-electron chi connectivity index (χ4n) is 7.24. The molecule has 4 fully saturated rings. The minimum atomic E-state index is 0.126. The Kier molecular flexibility index (Phi) is 4.24. The Morgan fingerprint density at radius 3 is 2.45 bits per heavy atom. The standard InChI is InChI=1S/C26H30N4O/c1-16-7-23(27-22-6-4-3-5-21(16)22)30-24(8-17(2)29-30)28-25(31)15-26-12-18-9-19(13-26)11-20(10-18)14-26/h3-8,18-20H,9-15H2,1-2H3,(H,28,31). The van der Waals surface area contributed by atoms with Crippen molar-refractivity contribution in [1.82, 2.24) is 14.8 Å². The predicted molar refractivity (Wildman–Crippen MR) is 122 cm³/mol. The van der Waals surface area contributed by atoms with E-state index in [0.29, 0.717) is 6.42 Å². The Bertz CT molecular complexity index is 1140. The Morgan fingerprint density at radius 2 is 1.74 bits per heavy atom. The number of para-hydroxylation sites is 1. The highest BCUT2D eigenvalue weighted by atomic mass is 16.1. The van der Waals surface area contributed by atoms with Crippen LogP contribution in [0.2, 0.25) is 0 Å². The molecule has 2 heterocycles. The van der Waals surface area contributed by atoms with Gasteiger partial charge in [0.15, 0.2) is 5.82 Å². The summed E-state index contributed by atoms with van der Waals surface area (Å²) in [6.45, 7) is 4.05. The summed E-state index contributed by atoms with van der Waals surface area (Å²) in [6.07, 6.45) is 8.59. The third-order valence-electron chi connectivity index (χ3n) is 7.93. The van der Waals surface area contributed by atoms with E-state index >= 15 is 0 Å². The zero-order chi connectivity index (χ0) is 21.2. The van der Waals surface area contributed by atoms with Crippen molar-refractivity contribution in [2.24, 2.45) is 23.2 Å². The van der Waals surface area contributed by atoms with Crippen LogP contribution in [0, 0.1) is 37.0 Å². The van der Waals surface area contributed by atoms with Crippen LogP contribution in [0.3, 0.4) is 0 Å². The zero-order valence-corrected chi connectivity index (χ0v) is 18.4. The first-order valence-electron chi connectivity index (χ1n) is 11.7. The average molecular weight is 415 g/mol. The lowest BCUT2D eigenvalue weighted by Gasteiger charge is -2.56. The summed E-state index contributed by atoms with van der Waals surface area (Å²) in [5.41, 5.74) is 3.20. The van der Waals surface area contributed by atoms with Gasteiger partial charge >= 0.3 is 0 Å². The maximum atomic E-state index is 13.2. The van der Waals surface area contributed by atoms with Gasteiger partial charge < -0.3 is 5.32 Å². The first-order chi connectivity index (χ1) is 15.0. The highest BCUT2D eigenvalue weighted by Gasteiger charge is 2.51. The van der Waals surface area contributed by atoms with Gasteiger partial charge in [0.2, 0.25) is 5.91 Å². The second-order valence-corrected chi connectivity index (χ2v) is 10.5. The number of nitrogens with one attached hydrogen (secondary N) is 1. The molecule has 2 aromatic heterocycles. The van der Waals surface area contributed by atoms with Crippen LogP contribution in [-0.4, -0.2) is 20.7 Å². The normalized spacial score (nSPS) is 28.9. The van der Waals surface area contributed by atoms with E-state index in [1.807, 2.05) is 37.3 Å². The number of aromatic nitrogens is 3. The summed E-state index contributed by atoms with van der Waals surface area (Å²) >= 11 is 0. The topological polar surface area (TPSA) is 59.8 Å². The number of carbonyl (C=O) groups is 1. The Hall–Kier alpha value is -2.69. The zero-order valence-electron chi connectivity index (χ0n) is 18.4. The fourth-order valence-corrected chi connectivity index (χ4v) is 7.24. The van der Waals surface area contributed by atoms with Crippen LogP contribution >= 0.6 is 0 Å². The number of carbonyl (C=O) groups excluding carboxylic acids is 1. The van der Waals surface area contributed by atoms with Crippen LogP contribution in [0.4, 0.5) is 5.82 Å². The molecule has 1 N–H and O–H groups in total. The van der Waals surface area contributed by atoms with E-state index in [-0.39, 0.29) is 11.3 Å². The van der Waals surface area contributed by atoms with E-state index in [0.717, 1.165) is 51.5 Å². The van der Waals surface area contributed by atoms with Gasteiger partial charge in [-0.05, 0) is 93.2 Å². The number of hydrogen-bond donors (Lipinski definition) is 1. The van der Waals surface area contributed by atoms with Gasteiger partial charge in [-0.1, -0.05) is 18.2 Å². The van der Waals surface area contributed by atoms with Crippen LogP contribution in [-0.2, 0) is 4.79 Å². The third kappa shape index (κ3) is 3.35. The molecule has 1 amide bonds. The Balaban J connectivity index is 1.27. The molecule has 160 valence electrons. The summed E-state index contributed by atoms with van der Waals surface area (Å²) < 4.78 is 1.78. The summed E-state index contributed by atoms with van der Waals surface area (Å²) in [5, 5.41) is 8.98. The van der Waals surface area contributed by atoms with Crippen molar-refractivity contribution in [1.29, 1.82) is 0 Å². The SMILES string of the molecule is Cc1cc(NC(=O)CC23CC4CC(CC(C4)C2)C3)n(-c2cc(C)c3ccccc3n2)n1. The van der Waals surface area contributed by atoms with Gasteiger partial charge in [0, 0.05) is 17.9 Å². The number of amides is 1. The van der Waals surface area contributed by atoms with Gasteiger partial charge in [0.1, 0.15) is 5.82 Å². The molecule has 1 aromatic carbocycles. The molecule has 0 atom stereocenters. The summed E-state index contributed by atoms with van der Waals surface area (Å²) in [7, 11) is 0. The summed E-state index contributed by atoms with van der Waals surface area (Å²) in [6, 6.07) is 12.1. The molecule has 0 aliphatic heterocycles. The lowest BCUT2D eigenvalue weighted by atomic mass is 9.49. The molecule has 31 heavy (non-hydrogen) atoms. The van der Waals surface area contributed by atoms with Gasteiger partial charge in [-0.15, -0.1) is 0 Å². The quantitative estimate of drug-likeness (QED) is 0.606. The number of nitrogens with zero attached hydrogens (tertiary/aromatic N) is 3. The minimum Gasteiger partial charge on any atom is -0.311 e. The molecule has 4 aliphatic rings. The number of fused-ring (bicyclic) bond motifs is 1. The number of aryl methyl sites for hydroxylation is 2. The molecule has 4 bridgehead atoms. The largest absolute Gasteiger partial charge is 0.311 e. The molecule has 0 saturated heterocycles. The van der Waals surface area contributed by atoms with E-state index in [9.17, 15) is 4.79 Å². The van der Waals surface area contributed by atoms with Gasteiger partial charge in [-0.3, -0.25) is 4.79 Å². The molecule has 0 spiro atoms. The van der Waals surface area contributed by atoms with E-state index in [1.165, 1.54) is 38.5 Å². The number of rotatable bonds is 4. The van der Waals surface area contributed by atoms with E-state index in [4.69, 9.17) is 4.98 Å². The van der Waals surface area contributed by atoms with Crippen LogP contribution in [0.15, 0.2) is 36.4 Å². The Morgan fingerprint density at radius 1 is 1.06 bits per heavy atom. The molecule has 5 heteroatoms. The first kappa shape index (κ1) is 19.0. The maximum absolute atomic E-state index is 13.2. The number of hydrogen-bond acceptors (Lipinski definition) is 3. The smallest absolute Gasteiger partial charge is 0.226 e.